The fourth-order valence-corrected chi connectivity index (χ4v) is 2.60. The number of benzene rings is 2. The smallest absolute Gasteiger partial charge is 0.126 e. The monoisotopic (exact) mass is 341 g/mol. The Balaban J connectivity index is 2.20. The van der Waals surface area contributed by atoms with Gasteiger partial charge in [-0.05, 0) is 65.2 Å². The second kappa shape index (κ2) is 5.93. The molecule has 0 aliphatic carbocycles. The Labute approximate surface area is 125 Å². The quantitative estimate of drug-likeness (QED) is 0.752. The van der Waals surface area contributed by atoms with Crippen molar-refractivity contribution in [2.75, 3.05) is 5.32 Å². The highest BCUT2D eigenvalue weighted by molar-refractivity contribution is 9.10. The van der Waals surface area contributed by atoms with Crippen molar-refractivity contribution in [3.8, 4) is 0 Å². The van der Waals surface area contributed by atoms with Crippen LogP contribution >= 0.6 is 27.5 Å². The van der Waals surface area contributed by atoms with E-state index in [1.54, 1.807) is 19.1 Å². The summed E-state index contributed by atoms with van der Waals surface area (Å²) in [5.41, 5.74) is 2.49. The third kappa shape index (κ3) is 3.48. The lowest BCUT2D eigenvalue weighted by molar-refractivity contribution is 0.614. The minimum atomic E-state index is -0.179. The zero-order chi connectivity index (χ0) is 14.0. The zero-order valence-corrected chi connectivity index (χ0v) is 13.0. The van der Waals surface area contributed by atoms with E-state index in [4.69, 9.17) is 11.6 Å². The minimum Gasteiger partial charge on any atom is -0.378 e. The van der Waals surface area contributed by atoms with Crippen LogP contribution in [-0.4, -0.2) is 0 Å². The molecule has 0 aromatic heterocycles. The third-order valence-electron chi connectivity index (χ3n) is 3.00. The number of hydrogen-bond acceptors (Lipinski definition) is 1. The molecule has 1 atom stereocenters. The maximum Gasteiger partial charge on any atom is 0.126 e. The van der Waals surface area contributed by atoms with Crippen LogP contribution in [0.3, 0.4) is 0 Å². The Morgan fingerprint density at radius 2 is 1.95 bits per heavy atom. The van der Waals surface area contributed by atoms with Gasteiger partial charge in [-0.25, -0.2) is 4.39 Å². The van der Waals surface area contributed by atoms with Gasteiger partial charge in [0.2, 0.25) is 0 Å². The molecule has 0 bridgehead atoms. The molecule has 0 saturated carbocycles. The molecule has 0 aliphatic rings. The van der Waals surface area contributed by atoms with Crippen molar-refractivity contribution < 1.29 is 4.39 Å². The van der Waals surface area contributed by atoms with Crippen molar-refractivity contribution in [1.29, 1.82) is 0 Å². The average Bonchev–Trinajstić information content (AvgIpc) is 2.36. The van der Waals surface area contributed by atoms with Crippen LogP contribution in [-0.2, 0) is 0 Å². The molecule has 1 nitrogen and oxygen atoms in total. The summed E-state index contributed by atoms with van der Waals surface area (Å²) in [6, 6.07) is 10.8. The molecular formula is C15H14BrClFN. The second-order valence-electron chi connectivity index (χ2n) is 4.50. The van der Waals surface area contributed by atoms with Gasteiger partial charge in [-0.15, -0.1) is 0 Å². The number of anilines is 1. The van der Waals surface area contributed by atoms with Crippen LogP contribution in [0, 0.1) is 12.7 Å². The van der Waals surface area contributed by atoms with Gasteiger partial charge < -0.3 is 5.32 Å². The Morgan fingerprint density at radius 1 is 1.21 bits per heavy atom. The van der Waals surface area contributed by atoms with Crippen LogP contribution < -0.4 is 5.32 Å². The molecule has 1 N–H and O–H groups in total. The first-order valence-corrected chi connectivity index (χ1v) is 7.12. The molecule has 0 saturated heterocycles. The number of hydrogen-bond donors (Lipinski definition) is 1. The topological polar surface area (TPSA) is 12.0 Å². The van der Waals surface area contributed by atoms with Gasteiger partial charge in [0.15, 0.2) is 0 Å². The van der Waals surface area contributed by atoms with E-state index < -0.39 is 0 Å². The Hall–Kier alpha value is -1.06. The summed E-state index contributed by atoms with van der Waals surface area (Å²) >= 11 is 9.35. The molecule has 19 heavy (non-hydrogen) atoms. The Bertz CT molecular complexity index is 601. The van der Waals surface area contributed by atoms with Crippen molar-refractivity contribution in [2.24, 2.45) is 0 Å². The van der Waals surface area contributed by atoms with Crippen molar-refractivity contribution in [2.45, 2.75) is 19.9 Å². The van der Waals surface area contributed by atoms with E-state index in [1.165, 1.54) is 0 Å². The number of rotatable bonds is 3. The molecule has 0 heterocycles. The maximum atomic E-state index is 13.6. The van der Waals surface area contributed by atoms with Gasteiger partial charge in [0.25, 0.3) is 0 Å². The Morgan fingerprint density at radius 3 is 2.58 bits per heavy atom. The summed E-state index contributed by atoms with van der Waals surface area (Å²) in [4.78, 5) is 0. The van der Waals surface area contributed by atoms with Crippen molar-refractivity contribution in [1.82, 2.24) is 0 Å². The maximum absolute atomic E-state index is 13.6. The van der Waals surface area contributed by atoms with E-state index >= 15 is 0 Å². The number of aryl methyl sites for hydroxylation is 1. The molecule has 2 rings (SSSR count). The molecule has 4 heteroatoms. The lowest BCUT2D eigenvalue weighted by Crippen LogP contribution is -2.07. The molecule has 1 unspecified atom stereocenters. The van der Waals surface area contributed by atoms with Gasteiger partial charge in [0.05, 0.1) is 0 Å². The zero-order valence-electron chi connectivity index (χ0n) is 10.7. The van der Waals surface area contributed by atoms with E-state index in [9.17, 15) is 4.39 Å². The van der Waals surface area contributed by atoms with Crippen LogP contribution in [0.5, 0.6) is 0 Å². The standard InChI is InChI=1S/C15H14BrClFN/c1-9-3-4-11(7-14(9)18)10(2)19-15-6-5-12(17)8-13(15)16/h3-8,10,19H,1-2H3. The molecule has 0 amide bonds. The molecule has 0 aliphatic heterocycles. The molecule has 2 aromatic carbocycles. The minimum absolute atomic E-state index is 0.00701. The van der Waals surface area contributed by atoms with E-state index in [2.05, 4.69) is 21.2 Å². The van der Waals surface area contributed by atoms with Gasteiger partial charge in [-0.3, -0.25) is 0 Å². The van der Waals surface area contributed by atoms with Crippen LogP contribution in [0.1, 0.15) is 24.1 Å². The highest BCUT2D eigenvalue weighted by Crippen LogP contribution is 2.29. The predicted octanol–water partition coefficient (Wildman–Crippen LogP) is 5.72. The van der Waals surface area contributed by atoms with E-state index in [1.807, 2.05) is 31.2 Å². The number of halogens is 3. The Kier molecular flexibility index (Phi) is 4.48. The summed E-state index contributed by atoms with van der Waals surface area (Å²) in [5, 5.41) is 4.00. The summed E-state index contributed by atoms with van der Waals surface area (Å²) in [5.74, 6) is -0.179. The number of nitrogens with one attached hydrogen (secondary N) is 1. The van der Waals surface area contributed by atoms with Crippen molar-refractivity contribution in [3.63, 3.8) is 0 Å². The first kappa shape index (κ1) is 14.4. The largest absolute Gasteiger partial charge is 0.378 e. The highest BCUT2D eigenvalue weighted by Gasteiger charge is 2.09. The first-order valence-electron chi connectivity index (χ1n) is 5.95. The normalized spacial score (nSPS) is 12.3. The summed E-state index contributed by atoms with van der Waals surface area (Å²) in [6.07, 6.45) is 0. The fourth-order valence-electron chi connectivity index (χ4n) is 1.80. The van der Waals surface area contributed by atoms with Gasteiger partial charge in [-0.1, -0.05) is 23.7 Å². The molecule has 0 fully saturated rings. The molecule has 0 spiro atoms. The van der Waals surface area contributed by atoms with Gasteiger partial charge >= 0.3 is 0 Å². The van der Waals surface area contributed by atoms with Gasteiger partial charge in [-0.2, -0.15) is 0 Å². The summed E-state index contributed by atoms with van der Waals surface area (Å²) in [7, 11) is 0. The lowest BCUT2D eigenvalue weighted by atomic mass is 10.1. The molecule has 0 radical (unpaired) electrons. The molecule has 100 valence electrons. The highest BCUT2D eigenvalue weighted by atomic mass is 79.9. The van der Waals surface area contributed by atoms with Crippen LogP contribution in [0.4, 0.5) is 10.1 Å². The molecular weight excluding hydrogens is 329 g/mol. The predicted molar refractivity (Wildman–Crippen MR) is 82.3 cm³/mol. The lowest BCUT2D eigenvalue weighted by Gasteiger charge is -2.17. The SMILES string of the molecule is Cc1ccc(C(C)Nc2ccc(Cl)cc2Br)cc1F. The van der Waals surface area contributed by atoms with Gasteiger partial charge in [0, 0.05) is 21.2 Å². The fraction of sp³-hybridized carbons (Fsp3) is 0.200. The second-order valence-corrected chi connectivity index (χ2v) is 5.79. The van der Waals surface area contributed by atoms with Crippen molar-refractivity contribution >= 4 is 33.2 Å². The van der Waals surface area contributed by atoms with E-state index in [0.29, 0.717) is 10.6 Å². The van der Waals surface area contributed by atoms with E-state index in [0.717, 1.165) is 15.7 Å². The van der Waals surface area contributed by atoms with Crippen LogP contribution in [0.15, 0.2) is 40.9 Å². The van der Waals surface area contributed by atoms with Crippen LogP contribution in [0.25, 0.3) is 0 Å². The van der Waals surface area contributed by atoms with Crippen molar-refractivity contribution in [3.05, 3.63) is 62.8 Å². The summed E-state index contributed by atoms with van der Waals surface area (Å²) < 4.78 is 14.4. The van der Waals surface area contributed by atoms with E-state index in [-0.39, 0.29) is 11.9 Å². The molecule has 2 aromatic rings. The van der Waals surface area contributed by atoms with Gasteiger partial charge in [0.1, 0.15) is 5.82 Å². The summed E-state index contributed by atoms with van der Waals surface area (Å²) in [6.45, 7) is 3.75. The first-order chi connectivity index (χ1) is 8.97. The van der Waals surface area contributed by atoms with Crippen LogP contribution in [0.2, 0.25) is 5.02 Å². The third-order valence-corrected chi connectivity index (χ3v) is 3.89. The average molecular weight is 343 g/mol.